The number of hydrogen-bond donors (Lipinski definition) is 3. The third-order valence-electron chi connectivity index (χ3n) is 7.41. The van der Waals surface area contributed by atoms with Crippen molar-refractivity contribution < 1.29 is 15.1 Å². The summed E-state index contributed by atoms with van der Waals surface area (Å²) in [6.07, 6.45) is 6.54. The minimum absolute atomic E-state index is 0.0953. The monoisotopic (exact) mass is 318 g/mol. The van der Waals surface area contributed by atoms with Gasteiger partial charge in [-0.15, -0.1) is 0 Å². The number of nitrogens with one attached hydrogen (secondary N) is 1. The van der Waals surface area contributed by atoms with Crippen molar-refractivity contribution >= 4 is 11.6 Å². The van der Waals surface area contributed by atoms with Gasteiger partial charge in [0.1, 0.15) is 0 Å². The summed E-state index contributed by atoms with van der Waals surface area (Å²) in [5.41, 5.74) is 1.55. The average Bonchev–Trinajstić information content (AvgIpc) is 2.83. The molecule has 23 heavy (non-hydrogen) atoms. The Morgan fingerprint density at radius 2 is 2.09 bits per heavy atom. The molecule has 0 bridgehead atoms. The van der Waals surface area contributed by atoms with Crippen LogP contribution in [-0.2, 0) is 4.79 Å². The summed E-state index contributed by atoms with van der Waals surface area (Å²) < 4.78 is 0. The first-order valence-corrected chi connectivity index (χ1v) is 8.80. The van der Waals surface area contributed by atoms with E-state index < -0.39 is 6.10 Å². The number of aliphatic hydroxyl groups excluding tert-OH is 1. The van der Waals surface area contributed by atoms with Crippen molar-refractivity contribution in [3.63, 3.8) is 0 Å². The van der Waals surface area contributed by atoms with Crippen molar-refractivity contribution in [3.8, 4) is 0 Å². The van der Waals surface area contributed by atoms with Gasteiger partial charge in [-0.05, 0) is 49.9 Å². The molecule has 3 fully saturated rings. The van der Waals surface area contributed by atoms with Gasteiger partial charge in [-0.2, -0.15) is 0 Å². The molecule has 0 aromatic carbocycles. The van der Waals surface area contributed by atoms with E-state index in [1.807, 2.05) is 0 Å². The topological polar surface area (TPSA) is 81.9 Å². The number of carbonyl (C=O) groups is 1. The summed E-state index contributed by atoms with van der Waals surface area (Å²) in [5, 5.41) is 27.0. The number of nitrogens with zero attached hydrogens (tertiary/aromatic N) is 1. The van der Waals surface area contributed by atoms with E-state index in [-0.39, 0.29) is 22.7 Å². The Balaban J connectivity index is 1.75. The molecule has 0 aromatic rings. The van der Waals surface area contributed by atoms with Crippen LogP contribution in [0.25, 0.3) is 0 Å². The number of piperidine rings is 1. The van der Waals surface area contributed by atoms with Crippen LogP contribution in [0.3, 0.4) is 0 Å². The maximum atomic E-state index is 11.8. The van der Waals surface area contributed by atoms with Crippen LogP contribution in [-0.4, -0.2) is 28.0 Å². The lowest BCUT2D eigenvalue weighted by Gasteiger charge is -2.57. The van der Waals surface area contributed by atoms with Crippen LogP contribution < -0.4 is 5.32 Å². The fourth-order valence-electron chi connectivity index (χ4n) is 6.28. The third-order valence-corrected chi connectivity index (χ3v) is 7.41. The molecule has 1 amide bonds. The Hall–Kier alpha value is -1.36. The highest BCUT2D eigenvalue weighted by atomic mass is 16.4. The lowest BCUT2D eigenvalue weighted by molar-refractivity contribution is -0.129. The van der Waals surface area contributed by atoms with Crippen LogP contribution >= 0.6 is 0 Å². The quantitative estimate of drug-likeness (QED) is 0.474. The van der Waals surface area contributed by atoms with Crippen LogP contribution in [0.15, 0.2) is 16.9 Å². The molecule has 0 aromatic heterocycles. The highest BCUT2D eigenvalue weighted by Crippen LogP contribution is 2.62. The van der Waals surface area contributed by atoms with E-state index >= 15 is 0 Å². The molecule has 3 aliphatic carbocycles. The predicted molar refractivity (Wildman–Crippen MR) is 85.8 cm³/mol. The zero-order valence-corrected chi connectivity index (χ0v) is 13.9. The second kappa shape index (κ2) is 4.82. The average molecular weight is 318 g/mol. The van der Waals surface area contributed by atoms with Crippen LogP contribution in [0, 0.1) is 28.6 Å². The van der Waals surface area contributed by atoms with Gasteiger partial charge >= 0.3 is 0 Å². The zero-order valence-electron chi connectivity index (χ0n) is 13.9. The maximum absolute atomic E-state index is 11.8. The Kier molecular flexibility index (Phi) is 3.18. The summed E-state index contributed by atoms with van der Waals surface area (Å²) in [6.45, 7) is 4.36. The number of hydrogen-bond acceptors (Lipinski definition) is 4. The fourth-order valence-corrected chi connectivity index (χ4v) is 6.28. The minimum atomic E-state index is -0.417. The highest BCUT2D eigenvalue weighted by molar-refractivity contribution is 5.92. The molecular formula is C18H26N2O3. The van der Waals surface area contributed by atoms with Gasteiger partial charge in [0, 0.05) is 22.9 Å². The molecule has 3 unspecified atom stereocenters. The van der Waals surface area contributed by atoms with Crippen molar-refractivity contribution in [1.82, 2.24) is 5.32 Å². The molecule has 0 radical (unpaired) electrons. The Bertz CT molecular complexity index is 613. The lowest BCUT2D eigenvalue weighted by Crippen LogP contribution is -2.58. The number of amides is 1. The SMILES string of the molecule is C[C@]12CCC(=O)NC1=CCC1C2[C@@H](O)C[C@]2(C)/C(=N\O)CCC12. The molecule has 1 saturated heterocycles. The zero-order chi connectivity index (χ0) is 16.4. The number of oxime groups is 1. The number of carbonyl (C=O) groups excluding carboxylic acids is 1. The van der Waals surface area contributed by atoms with Gasteiger partial charge in [0.25, 0.3) is 0 Å². The largest absolute Gasteiger partial charge is 0.411 e. The molecule has 126 valence electrons. The molecule has 3 N–H and O–H groups in total. The predicted octanol–water partition coefficient (Wildman–Crippen LogP) is 2.43. The normalized spacial score (nSPS) is 50.7. The number of fused-ring (bicyclic) bond motifs is 5. The van der Waals surface area contributed by atoms with Crippen LogP contribution in [0.1, 0.15) is 52.4 Å². The number of aliphatic hydroxyl groups is 1. The van der Waals surface area contributed by atoms with Crippen LogP contribution in [0.4, 0.5) is 0 Å². The molecule has 2 saturated carbocycles. The number of allylic oxidation sites excluding steroid dienone is 2. The maximum Gasteiger partial charge on any atom is 0.224 e. The van der Waals surface area contributed by atoms with Gasteiger partial charge < -0.3 is 15.6 Å². The molecule has 1 heterocycles. The first-order valence-electron chi connectivity index (χ1n) is 8.80. The summed E-state index contributed by atoms with van der Waals surface area (Å²) >= 11 is 0. The van der Waals surface area contributed by atoms with Crippen molar-refractivity contribution in [2.75, 3.05) is 0 Å². The van der Waals surface area contributed by atoms with Gasteiger partial charge in [0.05, 0.1) is 11.8 Å². The summed E-state index contributed by atoms with van der Waals surface area (Å²) in [6, 6.07) is 0. The Morgan fingerprint density at radius 1 is 1.30 bits per heavy atom. The standard InChI is InChI=1S/C18H26N2O3/c1-17-8-7-15(22)19-13(17)5-3-10-11-4-6-14(20-23)18(11,2)9-12(21)16(10)17/h5,10-12,16,21,23H,3-4,6-9H2,1-2H3,(H,19,22)/b20-14-/t10?,11?,12-,16?,17-,18-/m0/s1. The molecule has 4 aliphatic rings. The molecule has 6 atom stereocenters. The second-order valence-electron chi connectivity index (χ2n) is 8.39. The fraction of sp³-hybridized carbons (Fsp3) is 0.778. The Morgan fingerprint density at radius 3 is 2.83 bits per heavy atom. The molecule has 1 aliphatic heterocycles. The third kappa shape index (κ3) is 1.89. The molecule has 4 rings (SSSR count). The van der Waals surface area contributed by atoms with Crippen molar-refractivity contribution in [3.05, 3.63) is 11.8 Å². The van der Waals surface area contributed by atoms with Gasteiger partial charge in [0.2, 0.25) is 5.91 Å². The van der Waals surface area contributed by atoms with Gasteiger partial charge in [-0.3, -0.25) is 4.79 Å². The lowest BCUT2D eigenvalue weighted by atomic mass is 9.49. The highest BCUT2D eigenvalue weighted by Gasteiger charge is 2.61. The molecule has 0 spiro atoms. The van der Waals surface area contributed by atoms with E-state index in [1.54, 1.807) is 0 Å². The summed E-state index contributed by atoms with van der Waals surface area (Å²) in [7, 11) is 0. The second-order valence-corrected chi connectivity index (χ2v) is 8.39. The number of rotatable bonds is 0. The summed E-state index contributed by atoms with van der Waals surface area (Å²) in [5.74, 6) is 1.12. The first-order chi connectivity index (χ1) is 10.9. The van der Waals surface area contributed by atoms with Crippen molar-refractivity contribution in [2.45, 2.75) is 58.5 Å². The van der Waals surface area contributed by atoms with Gasteiger partial charge in [0.15, 0.2) is 0 Å². The smallest absolute Gasteiger partial charge is 0.224 e. The van der Waals surface area contributed by atoms with E-state index in [0.717, 1.165) is 37.1 Å². The van der Waals surface area contributed by atoms with E-state index in [1.165, 1.54) is 0 Å². The first kappa shape index (κ1) is 15.2. The molecule has 5 heteroatoms. The van der Waals surface area contributed by atoms with Gasteiger partial charge in [-0.25, -0.2) is 0 Å². The van der Waals surface area contributed by atoms with Crippen LogP contribution in [0.5, 0.6) is 0 Å². The summed E-state index contributed by atoms with van der Waals surface area (Å²) in [4.78, 5) is 11.8. The Labute approximate surface area is 136 Å². The van der Waals surface area contributed by atoms with E-state index in [4.69, 9.17) is 0 Å². The van der Waals surface area contributed by atoms with E-state index in [9.17, 15) is 15.1 Å². The minimum Gasteiger partial charge on any atom is -0.411 e. The van der Waals surface area contributed by atoms with Crippen LogP contribution in [0.2, 0.25) is 0 Å². The van der Waals surface area contributed by atoms with Crippen molar-refractivity contribution in [1.29, 1.82) is 0 Å². The van der Waals surface area contributed by atoms with E-state index in [2.05, 4.69) is 30.4 Å². The van der Waals surface area contributed by atoms with Crippen molar-refractivity contribution in [2.24, 2.45) is 33.7 Å². The molecular weight excluding hydrogens is 292 g/mol. The molecule has 5 nitrogen and oxygen atoms in total. The van der Waals surface area contributed by atoms with Gasteiger partial charge in [-0.1, -0.05) is 25.1 Å². The van der Waals surface area contributed by atoms with E-state index in [0.29, 0.717) is 24.7 Å².